The third kappa shape index (κ3) is 2.62. The molecule has 1 aromatic carbocycles. The first-order valence-corrected chi connectivity index (χ1v) is 7.96. The lowest BCUT2D eigenvalue weighted by Gasteiger charge is -2.32. The molecule has 3 aliphatic heterocycles. The largest absolute Gasteiger partial charge is 0.454 e. The van der Waals surface area contributed by atoms with Crippen LogP contribution in [-0.4, -0.2) is 56.0 Å². The molecule has 8 heteroatoms. The quantitative estimate of drug-likeness (QED) is 0.835. The van der Waals surface area contributed by atoms with Gasteiger partial charge < -0.3 is 29.7 Å². The standard InChI is InChI=1S/C16H19N3O5/c1-17-16(21)19-6-10-5-11(14(7-19)24-10)15(20)18-9-2-3-12-13(4-9)23-8-22-12/h2-4,10-11,14H,5-8H2,1H3,(H,17,21)(H,18,20)/t10-,11+,14-/m0/s1. The number of rotatable bonds is 2. The Morgan fingerprint density at radius 1 is 1.21 bits per heavy atom. The molecule has 0 aliphatic carbocycles. The Morgan fingerprint density at radius 3 is 2.88 bits per heavy atom. The minimum absolute atomic E-state index is 0.0893. The fraction of sp³-hybridized carbons (Fsp3) is 0.500. The van der Waals surface area contributed by atoms with E-state index in [4.69, 9.17) is 14.2 Å². The number of carbonyl (C=O) groups is 2. The highest BCUT2D eigenvalue weighted by Gasteiger charge is 2.45. The molecule has 3 atom stereocenters. The molecule has 0 saturated carbocycles. The number of fused-ring (bicyclic) bond motifs is 3. The van der Waals surface area contributed by atoms with Gasteiger partial charge in [0, 0.05) is 31.9 Å². The number of likely N-dealkylation sites (tertiary alicyclic amines) is 1. The van der Waals surface area contributed by atoms with Crippen LogP contribution >= 0.6 is 0 Å². The van der Waals surface area contributed by atoms with E-state index in [2.05, 4.69) is 10.6 Å². The van der Waals surface area contributed by atoms with Crippen LogP contribution in [0.5, 0.6) is 11.5 Å². The average molecular weight is 333 g/mol. The van der Waals surface area contributed by atoms with Crippen molar-refractivity contribution < 1.29 is 23.8 Å². The number of hydrogen-bond donors (Lipinski definition) is 2. The molecule has 0 spiro atoms. The summed E-state index contributed by atoms with van der Waals surface area (Å²) < 4.78 is 16.4. The van der Waals surface area contributed by atoms with Gasteiger partial charge >= 0.3 is 6.03 Å². The Bertz CT molecular complexity index is 680. The maximum atomic E-state index is 12.6. The van der Waals surface area contributed by atoms with E-state index in [0.29, 0.717) is 36.7 Å². The number of amides is 3. The van der Waals surface area contributed by atoms with Crippen LogP contribution in [0, 0.1) is 5.92 Å². The van der Waals surface area contributed by atoms with Crippen LogP contribution in [0.4, 0.5) is 10.5 Å². The number of hydrogen-bond acceptors (Lipinski definition) is 5. The lowest BCUT2D eigenvalue weighted by atomic mass is 9.99. The molecule has 2 N–H and O–H groups in total. The van der Waals surface area contributed by atoms with Gasteiger partial charge in [0.25, 0.3) is 0 Å². The smallest absolute Gasteiger partial charge is 0.317 e. The second-order valence-electron chi connectivity index (χ2n) is 6.16. The molecule has 0 aromatic heterocycles. The number of anilines is 1. The first-order chi connectivity index (χ1) is 11.6. The van der Waals surface area contributed by atoms with Crippen molar-refractivity contribution >= 4 is 17.6 Å². The normalized spacial score (nSPS) is 27.0. The summed E-state index contributed by atoms with van der Waals surface area (Å²) >= 11 is 0. The molecule has 3 heterocycles. The predicted molar refractivity (Wildman–Crippen MR) is 84.0 cm³/mol. The fourth-order valence-electron chi connectivity index (χ4n) is 3.47. The SMILES string of the molecule is CNC(=O)N1C[C@@H]2C[C@@H](C(=O)Nc3ccc4c(c3)OCO4)[C@H](C1)O2. The van der Waals surface area contributed by atoms with Crippen molar-refractivity contribution in [3.8, 4) is 11.5 Å². The lowest BCUT2D eigenvalue weighted by Crippen LogP contribution is -2.50. The van der Waals surface area contributed by atoms with Crippen molar-refractivity contribution in [3.63, 3.8) is 0 Å². The average Bonchev–Trinajstić information content (AvgIpc) is 3.17. The molecule has 3 amide bonds. The number of nitrogens with zero attached hydrogens (tertiary/aromatic N) is 1. The zero-order valence-electron chi connectivity index (χ0n) is 13.3. The number of carbonyl (C=O) groups excluding carboxylic acids is 2. The van der Waals surface area contributed by atoms with Gasteiger partial charge in [0.1, 0.15) is 0 Å². The van der Waals surface area contributed by atoms with Gasteiger partial charge in [-0.15, -0.1) is 0 Å². The summed E-state index contributed by atoms with van der Waals surface area (Å²) in [6, 6.07) is 5.17. The summed E-state index contributed by atoms with van der Waals surface area (Å²) in [5.41, 5.74) is 0.661. The highest BCUT2D eigenvalue weighted by molar-refractivity contribution is 5.93. The van der Waals surface area contributed by atoms with Gasteiger partial charge in [-0.05, 0) is 18.6 Å². The molecule has 0 radical (unpaired) electrons. The molecule has 1 aromatic rings. The van der Waals surface area contributed by atoms with E-state index < -0.39 is 0 Å². The van der Waals surface area contributed by atoms with Crippen molar-refractivity contribution in [2.45, 2.75) is 18.6 Å². The topological polar surface area (TPSA) is 89.1 Å². The lowest BCUT2D eigenvalue weighted by molar-refractivity contribution is -0.122. The number of ether oxygens (including phenoxy) is 3. The Hall–Kier alpha value is -2.48. The summed E-state index contributed by atoms with van der Waals surface area (Å²) in [6.45, 7) is 1.14. The first-order valence-electron chi connectivity index (χ1n) is 7.96. The molecule has 24 heavy (non-hydrogen) atoms. The summed E-state index contributed by atoms with van der Waals surface area (Å²) in [6.07, 6.45) is 0.262. The van der Waals surface area contributed by atoms with Gasteiger partial charge in [0.15, 0.2) is 11.5 Å². The van der Waals surface area contributed by atoms with E-state index in [9.17, 15) is 9.59 Å². The van der Waals surface area contributed by atoms with Crippen LogP contribution in [0.25, 0.3) is 0 Å². The number of morpholine rings is 1. The number of urea groups is 1. The minimum Gasteiger partial charge on any atom is -0.454 e. The molecule has 3 aliphatic rings. The van der Waals surface area contributed by atoms with Crippen molar-refractivity contribution in [2.75, 3.05) is 32.2 Å². The Morgan fingerprint density at radius 2 is 2.04 bits per heavy atom. The van der Waals surface area contributed by atoms with E-state index in [1.807, 2.05) is 0 Å². The van der Waals surface area contributed by atoms with E-state index in [1.54, 1.807) is 30.1 Å². The van der Waals surface area contributed by atoms with Gasteiger partial charge in [0.05, 0.1) is 18.1 Å². The maximum Gasteiger partial charge on any atom is 0.317 e. The second kappa shape index (κ2) is 5.86. The van der Waals surface area contributed by atoms with Crippen LogP contribution in [0.1, 0.15) is 6.42 Å². The van der Waals surface area contributed by atoms with Crippen molar-refractivity contribution in [2.24, 2.45) is 5.92 Å². The van der Waals surface area contributed by atoms with E-state index in [-0.39, 0.29) is 36.9 Å². The van der Waals surface area contributed by atoms with Crippen LogP contribution in [0.15, 0.2) is 18.2 Å². The van der Waals surface area contributed by atoms with Crippen LogP contribution in [0.3, 0.4) is 0 Å². The zero-order valence-corrected chi connectivity index (χ0v) is 13.3. The zero-order chi connectivity index (χ0) is 16.7. The minimum atomic E-state index is -0.268. The van der Waals surface area contributed by atoms with Gasteiger partial charge in [0.2, 0.25) is 12.7 Å². The second-order valence-corrected chi connectivity index (χ2v) is 6.16. The summed E-state index contributed by atoms with van der Waals surface area (Å²) in [5.74, 6) is 0.935. The van der Waals surface area contributed by atoms with E-state index >= 15 is 0 Å². The fourth-order valence-corrected chi connectivity index (χ4v) is 3.47. The first kappa shape index (κ1) is 15.1. The predicted octanol–water partition coefficient (Wildman–Crippen LogP) is 0.782. The third-order valence-corrected chi connectivity index (χ3v) is 4.64. The molecule has 4 rings (SSSR count). The van der Waals surface area contributed by atoms with E-state index in [1.165, 1.54) is 0 Å². The molecule has 2 fully saturated rings. The van der Waals surface area contributed by atoms with Gasteiger partial charge in [-0.25, -0.2) is 4.79 Å². The molecule has 2 bridgehead atoms. The number of benzene rings is 1. The summed E-state index contributed by atoms with van der Waals surface area (Å²) in [4.78, 5) is 26.1. The Balaban J connectivity index is 1.43. The molecule has 0 unspecified atom stereocenters. The Kier molecular flexibility index (Phi) is 3.68. The molecule has 128 valence electrons. The highest BCUT2D eigenvalue weighted by Crippen LogP contribution is 2.36. The maximum absolute atomic E-state index is 12.6. The van der Waals surface area contributed by atoms with Crippen molar-refractivity contribution in [3.05, 3.63) is 18.2 Å². The summed E-state index contributed by atoms with van der Waals surface area (Å²) in [5, 5.41) is 5.53. The summed E-state index contributed by atoms with van der Waals surface area (Å²) in [7, 11) is 1.60. The molecular formula is C16H19N3O5. The monoisotopic (exact) mass is 333 g/mol. The van der Waals surface area contributed by atoms with Gasteiger partial charge in [-0.3, -0.25) is 4.79 Å². The van der Waals surface area contributed by atoms with Crippen LogP contribution < -0.4 is 20.1 Å². The van der Waals surface area contributed by atoms with Crippen LogP contribution in [-0.2, 0) is 9.53 Å². The molecule has 8 nitrogen and oxygen atoms in total. The highest BCUT2D eigenvalue weighted by atomic mass is 16.7. The Labute approximate surface area is 139 Å². The van der Waals surface area contributed by atoms with Gasteiger partial charge in [-0.1, -0.05) is 0 Å². The van der Waals surface area contributed by atoms with Gasteiger partial charge in [-0.2, -0.15) is 0 Å². The molecular weight excluding hydrogens is 314 g/mol. The third-order valence-electron chi connectivity index (χ3n) is 4.64. The van der Waals surface area contributed by atoms with Crippen LogP contribution in [0.2, 0.25) is 0 Å². The van der Waals surface area contributed by atoms with Crippen molar-refractivity contribution in [1.29, 1.82) is 0 Å². The van der Waals surface area contributed by atoms with E-state index in [0.717, 1.165) is 0 Å². The number of nitrogens with one attached hydrogen (secondary N) is 2. The molecule has 2 saturated heterocycles. The van der Waals surface area contributed by atoms with Crippen molar-refractivity contribution in [1.82, 2.24) is 10.2 Å².